The van der Waals surface area contributed by atoms with Crippen LogP contribution in [-0.2, 0) is 0 Å². The molecule has 1 unspecified atom stereocenters. The molecule has 0 spiro atoms. The summed E-state index contributed by atoms with van der Waals surface area (Å²) >= 11 is 5.91. The second-order valence-electron chi connectivity index (χ2n) is 4.99. The summed E-state index contributed by atoms with van der Waals surface area (Å²) in [5, 5.41) is 23.2. The molecule has 0 saturated carbocycles. The Hall–Kier alpha value is -0.610. The SMILES string of the molecule is CCCC(NC(CC)(CO)CO)c1ccc(Cl)cc1. The summed E-state index contributed by atoms with van der Waals surface area (Å²) in [6, 6.07) is 7.83. The quantitative estimate of drug-likeness (QED) is 0.688. The highest BCUT2D eigenvalue weighted by atomic mass is 35.5. The van der Waals surface area contributed by atoms with Crippen molar-refractivity contribution in [3.8, 4) is 0 Å². The van der Waals surface area contributed by atoms with E-state index in [1.165, 1.54) is 0 Å². The fourth-order valence-electron chi connectivity index (χ4n) is 2.14. The number of nitrogens with one attached hydrogen (secondary N) is 1. The normalized spacial score (nSPS) is 13.5. The Kier molecular flexibility index (Phi) is 6.80. The van der Waals surface area contributed by atoms with Crippen LogP contribution in [0.3, 0.4) is 0 Å². The van der Waals surface area contributed by atoms with Gasteiger partial charge in [-0.05, 0) is 30.5 Å². The molecule has 0 aliphatic rings. The summed E-state index contributed by atoms with van der Waals surface area (Å²) in [4.78, 5) is 0. The Balaban J connectivity index is 2.91. The zero-order chi connectivity index (χ0) is 14.3. The van der Waals surface area contributed by atoms with Gasteiger partial charge in [0.15, 0.2) is 0 Å². The number of hydrogen-bond donors (Lipinski definition) is 3. The topological polar surface area (TPSA) is 52.5 Å². The van der Waals surface area contributed by atoms with Gasteiger partial charge in [0.2, 0.25) is 0 Å². The average Bonchev–Trinajstić information content (AvgIpc) is 2.45. The first-order chi connectivity index (χ1) is 9.10. The second kappa shape index (κ2) is 7.85. The van der Waals surface area contributed by atoms with Crippen LogP contribution in [0.25, 0.3) is 0 Å². The molecule has 0 heterocycles. The molecular formula is C15H24ClNO2. The van der Waals surface area contributed by atoms with Crippen LogP contribution < -0.4 is 5.32 Å². The molecule has 0 saturated heterocycles. The van der Waals surface area contributed by atoms with Crippen molar-refractivity contribution in [2.24, 2.45) is 0 Å². The molecule has 0 fully saturated rings. The highest BCUT2D eigenvalue weighted by Crippen LogP contribution is 2.24. The Labute approximate surface area is 120 Å². The van der Waals surface area contributed by atoms with Crippen LogP contribution >= 0.6 is 11.6 Å². The Morgan fingerprint density at radius 3 is 2.16 bits per heavy atom. The number of aliphatic hydroxyl groups excluding tert-OH is 2. The molecular weight excluding hydrogens is 262 g/mol. The maximum atomic E-state index is 9.54. The van der Waals surface area contributed by atoms with Crippen molar-refractivity contribution in [1.29, 1.82) is 0 Å². The highest BCUT2D eigenvalue weighted by Gasteiger charge is 2.29. The smallest absolute Gasteiger partial charge is 0.0650 e. The minimum absolute atomic E-state index is 0.0756. The molecule has 1 aromatic rings. The second-order valence-corrected chi connectivity index (χ2v) is 5.42. The van der Waals surface area contributed by atoms with Crippen molar-refractivity contribution in [3.63, 3.8) is 0 Å². The van der Waals surface area contributed by atoms with Gasteiger partial charge >= 0.3 is 0 Å². The highest BCUT2D eigenvalue weighted by molar-refractivity contribution is 6.30. The van der Waals surface area contributed by atoms with Crippen LogP contribution in [0.4, 0.5) is 0 Å². The third-order valence-corrected chi connectivity index (χ3v) is 3.86. The predicted molar refractivity (Wildman–Crippen MR) is 79.4 cm³/mol. The molecule has 0 bridgehead atoms. The first-order valence-electron chi connectivity index (χ1n) is 6.85. The summed E-state index contributed by atoms with van der Waals surface area (Å²) < 4.78 is 0. The molecule has 1 atom stereocenters. The largest absolute Gasteiger partial charge is 0.394 e. The Morgan fingerprint density at radius 2 is 1.74 bits per heavy atom. The lowest BCUT2D eigenvalue weighted by Crippen LogP contribution is -2.52. The van der Waals surface area contributed by atoms with Gasteiger partial charge in [0, 0.05) is 11.1 Å². The van der Waals surface area contributed by atoms with E-state index in [2.05, 4.69) is 12.2 Å². The molecule has 0 amide bonds. The zero-order valence-electron chi connectivity index (χ0n) is 11.7. The summed E-state index contributed by atoms with van der Waals surface area (Å²) in [5.74, 6) is 0. The van der Waals surface area contributed by atoms with Crippen LogP contribution in [0.1, 0.15) is 44.7 Å². The average molecular weight is 286 g/mol. The van der Waals surface area contributed by atoms with Crippen LogP contribution in [0.5, 0.6) is 0 Å². The van der Waals surface area contributed by atoms with E-state index in [1.54, 1.807) is 0 Å². The standard InChI is InChI=1S/C15H24ClNO2/c1-3-5-14(12-6-8-13(16)9-7-12)17-15(4-2,10-18)11-19/h6-9,14,17-19H,3-5,10-11H2,1-2H3. The first kappa shape index (κ1) is 16.4. The van der Waals surface area contributed by atoms with Gasteiger partial charge in [-0.15, -0.1) is 0 Å². The molecule has 0 aromatic heterocycles. The van der Waals surface area contributed by atoms with Crippen LogP contribution in [0.2, 0.25) is 5.02 Å². The lowest BCUT2D eigenvalue weighted by Gasteiger charge is -2.35. The molecule has 0 aliphatic heterocycles. The third kappa shape index (κ3) is 4.46. The molecule has 3 N–H and O–H groups in total. The van der Waals surface area contributed by atoms with E-state index >= 15 is 0 Å². The van der Waals surface area contributed by atoms with Gasteiger partial charge in [-0.1, -0.05) is 44.0 Å². The van der Waals surface area contributed by atoms with Crippen LogP contribution in [-0.4, -0.2) is 29.0 Å². The molecule has 3 nitrogen and oxygen atoms in total. The monoisotopic (exact) mass is 285 g/mol. The van der Waals surface area contributed by atoms with Crippen molar-refractivity contribution >= 4 is 11.6 Å². The van der Waals surface area contributed by atoms with Gasteiger partial charge in [-0.2, -0.15) is 0 Å². The van der Waals surface area contributed by atoms with E-state index in [9.17, 15) is 10.2 Å². The van der Waals surface area contributed by atoms with Gasteiger partial charge in [-0.25, -0.2) is 0 Å². The summed E-state index contributed by atoms with van der Waals surface area (Å²) in [5.41, 5.74) is 0.505. The van der Waals surface area contributed by atoms with E-state index in [4.69, 9.17) is 11.6 Å². The van der Waals surface area contributed by atoms with Crippen molar-refractivity contribution in [2.75, 3.05) is 13.2 Å². The lowest BCUT2D eigenvalue weighted by molar-refractivity contribution is 0.0761. The van der Waals surface area contributed by atoms with E-state index in [0.29, 0.717) is 11.4 Å². The Morgan fingerprint density at radius 1 is 1.16 bits per heavy atom. The lowest BCUT2D eigenvalue weighted by atomic mass is 9.93. The molecule has 4 heteroatoms. The molecule has 0 radical (unpaired) electrons. The summed E-state index contributed by atoms with van der Waals surface area (Å²) in [6.45, 7) is 3.93. The number of benzene rings is 1. The minimum Gasteiger partial charge on any atom is -0.394 e. The van der Waals surface area contributed by atoms with E-state index in [0.717, 1.165) is 18.4 Å². The maximum absolute atomic E-state index is 9.54. The van der Waals surface area contributed by atoms with Crippen LogP contribution in [0.15, 0.2) is 24.3 Å². The van der Waals surface area contributed by atoms with E-state index in [1.807, 2.05) is 31.2 Å². The van der Waals surface area contributed by atoms with Gasteiger partial charge < -0.3 is 15.5 Å². The molecule has 1 aromatic carbocycles. The minimum atomic E-state index is -0.626. The van der Waals surface area contributed by atoms with Crippen molar-refractivity contribution in [2.45, 2.75) is 44.7 Å². The predicted octanol–water partition coefficient (Wildman–Crippen LogP) is 2.90. The Bertz CT molecular complexity index is 355. The van der Waals surface area contributed by atoms with Gasteiger partial charge in [-0.3, -0.25) is 0 Å². The number of aliphatic hydroxyl groups is 2. The van der Waals surface area contributed by atoms with Gasteiger partial charge in [0.25, 0.3) is 0 Å². The first-order valence-corrected chi connectivity index (χ1v) is 7.23. The van der Waals surface area contributed by atoms with Crippen molar-refractivity contribution < 1.29 is 10.2 Å². The molecule has 19 heavy (non-hydrogen) atoms. The molecule has 1 rings (SSSR count). The molecule has 108 valence electrons. The van der Waals surface area contributed by atoms with Gasteiger partial charge in [0.1, 0.15) is 0 Å². The van der Waals surface area contributed by atoms with Crippen molar-refractivity contribution in [3.05, 3.63) is 34.9 Å². The van der Waals surface area contributed by atoms with E-state index < -0.39 is 5.54 Å². The fraction of sp³-hybridized carbons (Fsp3) is 0.600. The number of rotatable bonds is 8. The van der Waals surface area contributed by atoms with Crippen molar-refractivity contribution in [1.82, 2.24) is 5.32 Å². The molecule has 0 aliphatic carbocycles. The zero-order valence-corrected chi connectivity index (χ0v) is 12.5. The maximum Gasteiger partial charge on any atom is 0.0650 e. The summed E-state index contributed by atoms with van der Waals surface area (Å²) in [6.07, 6.45) is 2.65. The van der Waals surface area contributed by atoms with Crippen LogP contribution in [0, 0.1) is 0 Å². The summed E-state index contributed by atoms with van der Waals surface area (Å²) in [7, 11) is 0. The fourth-order valence-corrected chi connectivity index (χ4v) is 2.27. The number of halogens is 1. The number of hydrogen-bond acceptors (Lipinski definition) is 3. The third-order valence-electron chi connectivity index (χ3n) is 3.61. The van der Waals surface area contributed by atoms with Gasteiger partial charge in [0.05, 0.1) is 18.8 Å². The van der Waals surface area contributed by atoms with E-state index in [-0.39, 0.29) is 19.3 Å².